The highest BCUT2D eigenvalue weighted by Gasteiger charge is 2.11. The van der Waals surface area contributed by atoms with Crippen LogP contribution in [0.15, 0.2) is 48.5 Å². The van der Waals surface area contributed by atoms with Crippen molar-refractivity contribution in [2.24, 2.45) is 5.73 Å². The van der Waals surface area contributed by atoms with Crippen LogP contribution in [0.3, 0.4) is 0 Å². The molecule has 0 saturated heterocycles. The molecule has 0 spiro atoms. The molecule has 0 saturated carbocycles. The van der Waals surface area contributed by atoms with Gasteiger partial charge in [0.25, 0.3) is 0 Å². The normalized spacial score (nSPS) is 12.6. The smallest absolute Gasteiger partial charge is 0.0426 e. The average Bonchev–Trinajstić information content (AvgIpc) is 2.48. The number of likely N-dealkylation sites (N-methyl/N-ethyl adjacent to an activating group) is 1. The van der Waals surface area contributed by atoms with Crippen molar-refractivity contribution in [1.82, 2.24) is 4.90 Å². The fraction of sp³-hybridized carbons (Fsp3) is 0.368. The number of hydrogen-bond acceptors (Lipinski definition) is 2. The number of benzene rings is 2. The monoisotopic (exact) mass is 282 g/mol. The zero-order valence-electron chi connectivity index (χ0n) is 13.3. The van der Waals surface area contributed by atoms with Gasteiger partial charge in [0, 0.05) is 19.1 Å². The van der Waals surface area contributed by atoms with Gasteiger partial charge in [0.1, 0.15) is 0 Å². The van der Waals surface area contributed by atoms with Crippen molar-refractivity contribution >= 4 is 0 Å². The summed E-state index contributed by atoms with van der Waals surface area (Å²) in [7, 11) is 2.15. The van der Waals surface area contributed by atoms with Crippen molar-refractivity contribution in [2.45, 2.75) is 26.3 Å². The molecule has 2 aromatic rings. The first-order valence-corrected chi connectivity index (χ1v) is 7.61. The first-order valence-electron chi connectivity index (χ1n) is 7.61. The molecule has 0 fully saturated rings. The Balaban J connectivity index is 1.90. The van der Waals surface area contributed by atoms with E-state index in [1.54, 1.807) is 0 Å². The maximum Gasteiger partial charge on any atom is 0.0426 e. The van der Waals surface area contributed by atoms with E-state index in [-0.39, 0.29) is 6.04 Å². The SMILES string of the molecule is Cc1ccc(C)c(C(N)CN(C)CCc2ccccc2)c1. The molecule has 0 bridgehead atoms. The second kappa shape index (κ2) is 7.39. The lowest BCUT2D eigenvalue weighted by atomic mass is 9.99. The molecule has 0 amide bonds. The highest BCUT2D eigenvalue weighted by Crippen LogP contribution is 2.18. The van der Waals surface area contributed by atoms with Crippen LogP contribution < -0.4 is 5.73 Å². The minimum absolute atomic E-state index is 0.0747. The van der Waals surface area contributed by atoms with E-state index < -0.39 is 0 Å². The zero-order valence-corrected chi connectivity index (χ0v) is 13.3. The van der Waals surface area contributed by atoms with Gasteiger partial charge in [-0.15, -0.1) is 0 Å². The van der Waals surface area contributed by atoms with E-state index in [9.17, 15) is 0 Å². The quantitative estimate of drug-likeness (QED) is 0.879. The Morgan fingerprint density at radius 1 is 1.05 bits per heavy atom. The van der Waals surface area contributed by atoms with Crippen LogP contribution in [0.5, 0.6) is 0 Å². The summed E-state index contributed by atoms with van der Waals surface area (Å²) >= 11 is 0. The molecule has 0 aliphatic rings. The van der Waals surface area contributed by atoms with E-state index in [1.165, 1.54) is 22.3 Å². The first kappa shape index (κ1) is 15.7. The van der Waals surface area contributed by atoms with E-state index in [1.807, 2.05) is 0 Å². The van der Waals surface area contributed by atoms with Crippen LogP contribution in [-0.4, -0.2) is 25.0 Å². The Hall–Kier alpha value is -1.64. The molecule has 0 aliphatic carbocycles. The number of rotatable bonds is 6. The molecule has 1 unspecified atom stereocenters. The predicted molar refractivity (Wildman–Crippen MR) is 90.5 cm³/mol. The maximum atomic E-state index is 6.39. The summed E-state index contributed by atoms with van der Waals surface area (Å²) in [6.07, 6.45) is 1.07. The Bertz CT molecular complexity index is 563. The summed E-state index contributed by atoms with van der Waals surface area (Å²) in [5, 5.41) is 0. The first-order chi connectivity index (χ1) is 10.1. The molecule has 0 radical (unpaired) electrons. The molecule has 0 heterocycles. The van der Waals surface area contributed by atoms with Crippen LogP contribution in [0.1, 0.15) is 28.3 Å². The van der Waals surface area contributed by atoms with Crippen molar-refractivity contribution in [3.8, 4) is 0 Å². The molecule has 1 atom stereocenters. The van der Waals surface area contributed by atoms with Crippen LogP contribution in [0.4, 0.5) is 0 Å². The van der Waals surface area contributed by atoms with E-state index in [0.717, 1.165) is 19.5 Å². The lowest BCUT2D eigenvalue weighted by Crippen LogP contribution is -2.31. The lowest BCUT2D eigenvalue weighted by molar-refractivity contribution is 0.316. The van der Waals surface area contributed by atoms with Gasteiger partial charge in [-0.1, -0.05) is 54.1 Å². The van der Waals surface area contributed by atoms with Crippen LogP contribution in [0.2, 0.25) is 0 Å². The standard InChI is InChI=1S/C19H26N2/c1-15-9-10-16(2)18(13-15)19(20)14-21(3)12-11-17-7-5-4-6-8-17/h4-10,13,19H,11-12,14,20H2,1-3H3. The van der Waals surface area contributed by atoms with Crippen LogP contribution >= 0.6 is 0 Å². The Morgan fingerprint density at radius 2 is 1.76 bits per heavy atom. The van der Waals surface area contributed by atoms with Gasteiger partial charge in [-0.2, -0.15) is 0 Å². The predicted octanol–water partition coefficient (Wildman–Crippen LogP) is 3.48. The van der Waals surface area contributed by atoms with Crippen LogP contribution in [-0.2, 0) is 6.42 Å². The van der Waals surface area contributed by atoms with Gasteiger partial charge in [-0.3, -0.25) is 0 Å². The lowest BCUT2D eigenvalue weighted by Gasteiger charge is -2.23. The largest absolute Gasteiger partial charge is 0.323 e. The van der Waals surface area contributed by atoms with Crippen molar-refractivity contribution < 1.29 is 0 Å². The van der Waals surface area contributed by atoms with Gasteiger partial charge in [-0.05, 0) is 44.0 Å². The van der Waals surface area contributed by atoms with Crippen LogP contribution in [0, 0.1) is 13.8 Å². The Kier molecular flexibility index (Phi) is 5.54. The molecule has 2 N–H and O–H groups in total. The molecule has 21 heavy (non-hydrogen) atoms. The highest BCUT2D eigenvalue weighted by atomic mass is 15.1. The van der Waals surface area contributed by atoms with Crippen molar-refractivity contribution in [3.05, 3.63) is 70.8 Å². The third-order valence-corrected chi connectivity index (χ3v) is 3.97. The summed E-state index contributed by atoms with van der Waals surface area (Å²) in [4.78, 5) is 2.32. The van der Waals surface area contributed by atoms with E-state index >= 15 is 0 Å². The molecule has 2 nitrogen and oxygen atoms in total. The number of hydrogen-bond donors (Lipinski definition) is 1. The molecule has 2 rings (SSSR count). The van der Waals surface area contributed by atoms with Crippen LogP contribution in [0.25, 0.3) is 0 Å². The molecular formula is C19H26N2. The van der Waals surface area contributed by atoms with Gasteiger partial charge < -0.3 is 10.6 Å². The Morgan fingerprint density at radius 3 is 2.48 bits per heavy atom. The van der Waals surface area contributed by atoms with Gasteiger partial charge in [0.15, 0.2) is 0 Å². The average molecular weight is 282 g/mol. The van der Waals surface area contributed by atoms with Gasteiger partial charge >= 0.3 is 0 Å². The molecule has 112 valence electrons. The summed E-state index contributed by atoms with van der Waals surface area (Å²) in [5.41, 5.74) is 11.6. The number of aryl methyl sites for hydroxylation is 2. The fourth-order valence-electron chi connectivity index (χ4n) is 2.65. The molecule has 0 aliphatic heterocycles. The summed E-state index contributed by atoms with van der Waals surface area (Å²) < 4.78 is 0. The zero-order chi connectivity index (χ0) is 15.2. The van der Waals surface area contributed by atoms with Gasteiger partial charge in [-0.25, -0.2) is 0 Å². The topological polar surface area (TPSA) is 29.3 Å². The van der Waals surface area contributed by atoms with Crippen molar-refractivity contribution in [1.29, 1.82) is 0 Å². The highest BCUT2D eigenvalue weighted by molar-refractivity contribution is 5.33. The number of nitrogens with two attached hydrogens (primary N) is 1. The van der Waals surface area contributed by atoms with Crippen molar-refractivity contribution in [3.63, 3.8) is 0 Å². The minimum atomic E-state index is 0.0747. The van der Waals surface area contributed by atoms with Gasteiger partial charge in [0.05, 0.1) is 0 Å². The molecular weight excluding hydrogens is 256 g/mol. The van der Waals surface area contributed by atoms with Gasteiger partial charge in [0.2, 0.25) is 0 Å². The molecule has 0 aromatic heterocycles. The summed E-state index contributed by atoms with van der Waals surface area (Å²) in [6, 6.07) is 17.2. The Labute approximate surface area is 128 Å². The fourth-order valence-corrected chi connectivity index (χ4v) is 2.65. The maximum absolute atomic E-state index is 6.39. The third-order valence-electron chi connectivity index (χ3n) is 3.97. The summed E-state index contributed by atoms with van der Waals surface area (Å²) in [5.74, 6) is 0. The summed E-state index contributed by atoms with van der Waals surface area (Å²) in [6.45, 7) is 6.17. The number of nitrogens with zero attached hydrogens (tertiary/aromatic N) is 1. The second-order valence-electron chi connectivity index (χ2n) is 5.96. The minimum Gasteiger partial charge on any atom is -0.323 e. The van der Waals surface area contributed by atoms with Crippen molar-refractivity contribution in [2.75, 3.05) is 20.1 Å². The third kappa shape index (κ3) is 4.69. The van der Waals surface area contributed by atoms with E-state index in [4.69, 9.17) is 5.73 Å². The molecule has 2 heteroatoms. The van der Waals surface area contributed by atoms with E-state index in [2.05, 4.69) is 74.3 Å². The molecule has 2 aromatic carbocycles. The second-order valence-corrected chi connectivity index (χ2v) is 5.96. The van der Waals surface area contributed by atoms with E-state index in [0.29, 0.717) is 0 Å².